The second-order valence-electron chi connectivity index (χ2n) is 4.71. The highest BCUT2D eigenvalue weighted by Crippen LogP contribution is 2.28. The number of likely N-dealkylation sites (N-methyl/N-ethyl adjacent to an activating group) is 1. The highest BCUT2D eigenvalue weighted by Gasteiger charge is 2.36. The number of pyridine rings is 1. The van der Waals surface area contributed by atoms with Crippen LogP contribution in [0.3, 0.4) is 0 Å². The van der Waals surface area contributed by atoms with E-state index in [-0.39, 0.29) is 24.0 Å². The summed E-state index contributed by atoms with van der Waals surface area (Å²) in [4.78, 5) is 20.3. The second kappa shape index (κ2) is 5.08. The number of aromatic nitrogens is 2. The Morgan fingerprint density at radius 1 is 1.48 bits per heavy atom. The monoisotopic (exact) mass is 372 g/mol. The number of fused-ring (bicyclic) bond motifs is 1. The largest absolute Gasteiger partial charge is 0.345 e. The molecule has 112 valence electrons. The van der Waals surface area contributed by atoms with Crippen LogP contribution >= 0.6 is 15.9 Å². The molecule has 0 bridgehead atoms. The lowest BCUT2D eigenvalue weighted by Crippen LogP contribution is -2.31. The molecule has 9 heteroatoms. The van der Waals surface area contributed by atoms with Crippen molar-refractivity contribution in [3.05, 3.63) is 22.9 Å². The molecule has 0 unspecified atom stereocenters. The summed E-state index contributed by atoms with van der Waals surface area (Å²) in [5.41, 5.74) is 0.495. The number of carbonyl (C=O) groups excluding carboxylic acids is 1. The Kier molecular flexibility index (Phi) is 3.50. The van der Waals surface area contributed by atoms with E-state index in [2.05, 4.69) is 25.9 Å². The Hall–Kier alpha value is -1.45. The fourth-order valence-corrected chi connectivity index (χ4v) is 4.14. The van der Waals surface area contributed by atoms with Crippen LogP contribution in [-0.2, 0) is 14.8 Å². The Morgan fingerprint density at radius 2 is 2.24 bits per heavy atom. The van der Waals surface area contributed by atoms with Crippen molar-refractivity contribution in [1.29, 1.82) is 0 Å². The van der Waals surface area contributed by atoms with Crippen molar-refractivity contribution >= 4 is 42.9 Å². The van der Waals surface area contributed by atoms with Crippen molar-refractivity contribution in [1.82, 2.24) is 19.2 Å². The molecule has 3 heterocycles. The first-order chi connectivity index (χ1) is 9.93. The minimum Gasteiger partial charge on any atom is -0.345 e. The van der Waals surface area contributed by atoms with Crippen LogP contribution in [0.2, 0.25) is 0 Å². The van der Waals surface area contributed by atoms with Gasteiger partial charge in [0.05, 0.1) is 13.2 Å². The fourth-order valence-electron chi connectivity index (χ4n) is 2.31. The van der Waals surface area contributed by atoms with Gasteiger partial charge < -0.3 is 9.88 Å². The third-order valence-electron chi connectivity index (χ3n) is 3.45. The molecule has 7 nitrogen and oxygen atoms in total. The minimum atomic E-state index is -3.74. The summed E-state index contributed by atoms with van der Waals surface area (Å²) in [6.07, 6.45) is 3.01. The molecule has 21 heavy (non-hydrogen) atoms. The molecule has 0 saturated carbocycles. The number of nitrogens with zero attached hydrogens (tertiary/aromatic N) is 3. The topological polar surface area (TPSA) is 86.4 Å². The highest BCUT2D eigenvalue weighted by atomic mass is 79.9. The Morgan fingerprint density at radius 3 is 2.90 bits per heavy atom. The second-order valence-corrected chi connectivity index (χ2v) is 7.53. The van der Waals surface area contributed by atoms with E-state index < -0.39 is 10.0 Å². The molecule has 1 aliphatic heterocycles. The molecule has 2 aromatic rings. The molecule has 0 aliphatic carbocycles. The summed E-state index contributed by atoms with van der Waals surface area (Å²) in [6.45, 7) is 2.28. The van der Waals surface area contributed by atoms with E-state index in [4.69, 9.17) is 0 Å². The molecule has 2 aromatic heterocycles. The quantitative estimate of drug-likeness (QED) is 0.874. The van der Waals surface area contributed by atoms with Gasteiger partial charge in [0.25, 0.3) is 0 Å². The molecule has 3 rings (SSSR count). The number of aromatic amines is 1. The number of amides is 1. The van der Waals surface area contributed by atoms with E-state index >= 15 is 0 Å². The molecular weight excluding hydrogens is 360 g/mol. The van der Waals surface area contributed by atoms with Gasteiger partial charge in [0.2, 0.25) is 15.9 Å². The van der Waals surface area contributed by atoms with Crippen molar-refractivity contribution in [3.63, 3.8) is 0 Å². The molecular formula is C12H13BrN4O3S. The van der Waals surface area contributed by atoms with E-state index in [0.29, 0.717) is 22.1 Å². The zero-order chi connectivity index (χ0) is 15.2. The molecule has 1 amide bonds. The van der Waals surface area contributed by atoms with Crippen molar-refractivity contribution in [3.8, 4) is 0 Å². The van der Waals surface area contributed by atoms with Crippen LogP contribution in [-0.4, -0.2) is 53.3 Å². The summed E-state index contributed by atoms with van der Waals surface area (Å²) >= 11 is 3.28. The number of halogens is 1. The van der Waals surface area contributed by atoms with Crippen LogP contribution in [0.1, 0.15) is 6.92 Å². The summed E-state index contributed by atoms with van der Waals surface area (Å²) in [6, 6.07) is 1.70. The number of sulfonamides is 1. The van der Waals surface area contributed by atoms with Crippen molar-refractivity contribution < 1.29 is 13.2 Å². The molecule has 0 radical (unpaired) electrons. The predicted molar refractivity (Wildman–Crippen MR) is 79.9 cm³/mol. The molecule has 1 fully saturated rings. The lowest BCUT2D eigenvalue weighted by atomic mass is 10.3. The highest BCUT2D eigenvalue weighted by molar-refractivity contribution is 9.10. The number of carbonyl (C=O) groups is 1. The molecule has 0 aromatic carbocycles. The Labute approximate surface area is 130 Å². The number of nitrogens with one attached hydrogen (secondary N) is 1. The van der Waals surface area contributed by atoms with E-state index in [1.165, 1.54) is 15.4 Å². The van der Waals surface area contributed by atoms with Gasteiger partial charge in [-0.2, -0.15) is 4.31 Å². The third-order valence-corrected chi connectivity index (χ3v) is 5.70. The summed E-state index contributed by atoms with van der Waals surface area (Å²) in [5, 5.41) is 0.506. The maximum Gasteiger partial charge on any atom is 0.247 e. The SMILES string of the molecule is CCN1CN(S(=O)(=O)c2c[nH]c3ncc(Br)cc23)CC1=O. The number of hydrogen-bond donors (Lipinski definition) is 1. The Balaban J connectivity index is 2.05. The zero-order valence-electron chi connectivity index (χ0n) is 11.2. The van der Waals surface area contributed by atoms with Crippen LogP contribution in [0.5, 0.6) is 0 Å². The fraction of sp³-hybridized carbons (Fsp3) is 0.333. The van der Waals surface area contributed by atoms with Gasteiger partial charge in [-0.15, -0.1) is 0 Å². The Bertz CT molecular complexity index is 817. The zero-order valence-corrected chi connectivity index (χ0v) is 13.6. The first-order valence-electron chi connectivity index (χ1n) is 6.34. The van der Waals surface area contributed by atoms with Crippen molar-refractivity contribution in [2.24, 2.45) is 0 Å². The van der Waals surface area contributed by atoms with Crippen LogP contribution in [0.4, 0.5) is 0 Å². The maximum absolute atomic E-state index is 12.7. The normalized spacial score (nSPS) is 17.0. The minimum absolute atomic E-state index is 0.0891. The predicted octanol–water partition coefficient (Wildman–Crippen LogP) is 1.14. The standard InChI is InChI=1S/C12H13BrN4O3S/c1-2-16-7-17(6-11(16)18)21(19,20)10-5-15-12-9(10)3-8(13)4-14-12/h3-5H,2,6-7H2,1H3,(H,14,15). The number of rotatable bonds is 3. The average Bonchev–Trinajstić information content (AvgIpc) is 3.02. The van der Waals surface area contributed by atoms with E-state index in [0.717, 1.165) is 0 Å². The van der Waals surface area contributed by atoms with Gasteiger partial charge in [0.15, 0.2) is 0 Å². The van der Waals surface area contributed by atoms with Gasteiger partial charge in [-0.3, -0.25) is 4.79 Å². The summed E-state index contributed by atoms with van der Waals surface area (Å²) in [7, 11) is -3.74. The number of hydrogen-bond acceptors (Lipinski definition) is 4. The summed E-state index contributed by atoms with van der Waals surface area (Å²) < 4.78 is 27.3. The van der Waals surface area contributed by atoms with Gasteiger partial charge in [0.1, 0.15) is 10.5 Å². The molecule has 1 N–H and O–H groups in total. The maximum atomic E-state index is 12.7. The van der Waals surface area contributed by atoms with Gasteiger partial charge in [-0.1, -0.05) is 0 Å². The van der Waals surface area contributed by atoms with Gasteiger partial charge >= 0.3 is 0 Å². The van der Waals surface area contributed by atoms with Crippen LogP contribution in [0.25, 0.3) is 11.0 Å². The first-order valence-corrected chi connectivity index (χ1v) is 8.57. The molecule has 1 aliphatic rings. The first kappa shape index (κ1) is 14.5. The number of H-pyrrole nitrogens is 1. The van der Waals surface area contributed by atoms with Crippen LogP contribution in [0, 0.1) is 0 Å². The molecule has 0 atom stereocenters. The van der Waals surface area contributed by atoms with E-state index in [1.54, 1.807) is 12.3 Å². The third kappa shape index (κ3) is 2.34. The van der Waals surface area contributed by atoms with E-state index in [1.807, 2.05) is 6.92 Å². The van der Waals surface area contributed by atoms with Gasteiger partial charge in [0, 0.05) is 28.8 Å². The van der Waals surface area contributed by atoms with E-state index in [9.17, 15) is 13.2 Å². The lowest BCUT2D eigenvalue weighted by Gasteiger charge is -2.16. The van der Waals surface area contributed by atoms with Crippen LogP contribution < -0.4 is 0 Å². The van der Waals surface area contributed by atoms with Gasteiger partial charge in [-0.25, -0.2) is 13.4 Å². The van der Waals surface area contributed by atoms with Crippen molar-refractivity contribution in [2.75, 3.05) is 19.8 Å². The molecule has 1 saturated heterocycles. The van der Waals surface area contributed by atoms with Gasteiger partial charge in [-0.05, 0) is 28.9 Å². The molecule has 0 spiro atoms. The lowest BCUT2D eigenvalue weighted by molar-refractivity contribution is -0.126. The van der Waals surface area contributed by atoms with Crippen molar-refractivity contribution in [2.45, 2.75) is 11.8 Å². The van der Waals surface area contributed by atoms with Crippen LogP contribution in [0.15, 0.2) is 27.8 Å². The summed E-state index contributed by atoms with van der Waals surface area (Å²) in [5.74, 6) is -0.180. The smallest absolute Gasteiger partial charge is 0.247 e. The average molecular weight is 373 g/mol.